The quantitative estimate of drug-likeness (QED) is 0.909. The summed E-state index contributed by atoms with van der Waals surface area (Å²) in [6.07, 6.45) is 1.19. The van der Waals surface area contributed by atoms with Gasteiger partial charge in [0.05, 0.1) is 6.54 Å². The molecule has 110 valence electrons. The monoisotopic (exact) mass is 294 g/mol. The number of nitrogens with zero attached hydrogens (tertiary/aromatic N) is 1. The number of nitrogens with one attached hydrogen (secondary N) is 1. The van der Waals surface area contributed by atoms with Gasteiger partial charge in [0, 0.05) is 11.8 Å². The Hall–Kier alpha value is -1.03. The van der Waals surface area contributed by atoms with Crippen LogP contribution in [0.15, 0.2) is 17.1 Å². The van der Waals surface area contributed by atoms with Crippen molar-refractivity contribution in [2.45, 2.75) is 46.7 Å². The molecule has 2 nitrogen and oxygen atoms in total. The first-order valence-electron chi connectivity index (χ1n) is 7.16. The van der Waals surface area contributed by atoms with Crippen molar-refractivity contribution in [2.75, 3.05) is 5.75 Å². The third-order valence-electron chi connectivity index (χ3n) is 3.68. The Balaban J connectivity index is 2.05. The van der Waals surface area contributed by atoms with Crippen LogP contribution in [0.1, 0.15) is 37.0 Å². The highest BCUT2D eigenvalue weighted by Crippen LogP contribution is 2.20. The van der Waals surface area contributed by atoms with Crippen LogP contribution in [0.3, 0.4) is 0 Å². The highest BCUT2D eigenvalue weighted by Gasteiger charge is 2.19. The maximum absolute atomic E-state index is 13.6. The maximum atomic E-state index is 13.6. The van der Waals surface area contributed by atoms with E-state index < -0.39 is 0 Å². The van der Waals surface area contributed by atoms with Gasteiger partial charge in [-0.3, -0.25) is 4.99 Å². The summed E-state index contributed by atoms with van der Waals surface area (Å²) in [5, 5.41) is 4.53. The van der Waals surface area contributed by atoms with Gasteiger partial charge >= 0.3 is 0 Å². The second kappa shape index (κ2) is 6.61. The summed E-state index contributed by atoms with van der Waals surface area (Å²) in [4.78, 5) is 4.64. The van der Waals surface area contributed by atoms with Gasteiger partial charge in [0.2, 0.25) is 0 Å². The standard InChI is InChI=1S/C16H23FN2S/c1-10(2)14-5-6-20-16(19-14)18-9-13-7-11(3)15(17)12(4)8-13/h7-8,10,14H,5-6,9H2,1-4H3,(H,18,19). The van der Waals surface area contributed by atoms with Gasteiger partial charge in [-0.25, -0.2) is 4.39 Å². The molecule has 1 atom stereocenters. The number of aliphatic imine (C=N–C) groups is 1. The van der Waals surface area contributed by atoms with Crippen LogP contribution >= 0.6 is 11.8 Å². The zero-order valence-corrected chi connectivity index (χ0v) is 13.5. The van der Waals surface area contributed by atoms with Crippen LogP contribution < -0.4 is 5.32 Å². The van der Waals surface area contributed by atoms with E-state index in [0.717, 1.165) is 16.5 Å². The lowest BCUT2D eigenvalue weighted by Crippen LogP contribution is -2.41. The average molecular weight is 294 g/mol. The van der Waals surface area contributed by atoms with Crippen LogP contribution in [0.2, 0.25) is 0 Å². The van der Waals surface area contributed by atoms with E-state index in [0.29, 0.717) is 29.6 Å². The molecule has 0 amide bonds. The maximum Gasteiger partial charge on any atom is 0.157 e. The van der Waals surface area contributed by atoms with E-state index in [-0.39, 0.29) is 5.82 Å². The minimum absolute atomic E-state index is 0.105. The molecule has 0 aliphatic carbocycles. The van der Waals surface area contributed by atoms with Crippen molar-refractivity contribution in [3.8, 4) is 0 Å². The Bertz CT molecular complexity index is 488. The van der Waals surface area contributed by atoms with Crippen LogP contribution in [0.25, 0.3) is 0 Å². The lowest BCUT2D eigenvalue weighted by Gasteiger charge is -2.28. The van der Waals surface area contributed by atoms with Crippen molar-refractivity contribution in [1.82, 2.24) is 5.32 Å². The summed E-state index contributed by atoms with van der Waals surface area (Å²) in [7, 11) is 0. The lowest BCUT2D eigenvalue weighted by molar-refractivity contribution is 0.442. The van der Waals surface area contributed by atoms with Gasteiger partial charge in [0.15, 0.2) is 5.17 Å². The lowest BCUT2D eigenvalue weighted by atomic mass is 10.0. The molecule has 0 radical (unpaired) electrons. The van der Waals surface area contributed by atoms with E-state index in [1.54, 1.807) is 25.6 Å². The molecule has 1 aliphatic rings. The molecule has 0 aromatic heterocycles. The number of halogens is 1. The fourth-order valence-electron chi connectivity index (χ4n) is 2.44. The third kappa shape index (κ3) is 3.75. The normalized spacial score (nSPS) is 21.3. The van der Waals surface area contributed by atoms with Crippen molar-refractivity contribution in [2.24, 2.45) is 10.9 Å². The summed E-state index contributed by atoms with van der Waals surface area (Å²) >= 11 is 1.78. The molecule has 2 rings (SSSR count). The molecule has 20 heavy (non-hydrogen) atoms. The van der Waals surface area contributed by atoms with Crippen LogP contribution in [-0.2, 0) is 6.54 Å². The summed E-state index contributed by atoms with van der Waals surface area (Å²) < 4.78 is 13.6. The second-order valence-electron chi connectivity index (χ2n) is 5.80. The Morgan fingerprint density at radius 3 is 2.60 bits per heavy atom. The SMILES string of the molecule is Cc1cc(CN=C2NC(C(C)C)CCS2)cc(C)c1F. The van der Waals surface area contributed by atoms with E-state index in [9.17, 15) is 4.39 Å². The molecule has 1 saturated heterocycles. The molecular weight excluding hydrogens is 271 g/mol. The van der Waals surface area contributed by atoms with E-state index in [2.05, 4.69) is 24.2 Å². The highest BCUT2D eigenvalue weighted by molar-refractivity contribution is 8.13. The minimum Gasteiger partial charge on any atom is -0.362 e. The molecule has 1 aliphatic heterocycles. The molecule has 0 saturated carbocycles. The van der Waals surface area contributed by atoms with Gasteiger partial charge in [-0.15, -0.1) is 0 Å². The van der Waals surface area contributed by atoms with Crippen molar-refractivity contribution in [3.05, 3.63) is 34.6 Å². The molecular formula is C16H23FN2S. The molecule has 1 unspecified atom stereocenters. The number of thioether (sulfide) groups is 1. The Morgan fingerprint density at radius 1 is 1.35 bits per heavy atom. The zero-order chi connectivity index (χ0) is 14.7. The largest absolute Gasteiger partial charge is 0.362 e. The third-order valence-corrected chi connectivity index (χ3v) is 4.64. The van der Waals surface area contributed by atoms with Gasteiger partial charge in [-0.05, 0) is 42.9 Å². The smallest absolute Gasteiger partial charge is 0.157 e. The van der Waals surface area contributed by atoms with Crippen molar-refractivity contribution < 1.29 is 4.39 Å². The Labute approximate surface area is 125 Å². The first-order chi connectivity index (χ1) is 9.47. The minimum atomic E-state index is -0.105. The fraction of sp³-hybridized carbons (Fsp3) is 0.562. The number of benzene rings is 1. The average Bonchev–Trinajstić information content (AvgIpc) is 2.42. The Morgan fingerprint density at radius 2 is 2.00 bits per heavy atom. The summed E-state index contributed by atoms with van der Waals surface area (Å²) in [6.45, 7) is 8.70. The fourth-order valence-corrected chi connectivity index (χ4v) is 3.39. The molecule has 0 spiro atoms. The van der Waals surface area contributed by atoms with Crippen molar-refractivity contribution in [1.29, 1.82) is 0 Å². The summed E-state index contributed by atoms with van der Waals surface area (Å²) in [5.74, 6) is 1.64. The van der Waals surface area contributed by atoms with Crippen LogP contribution in [-0.4, -0.2) is 17.0 Å². The van der Waals surface area contributed by atoms with Gasteiger partial charge in [-0.2, -0.15) is 0 Å². The van der Waals surface area contributed by atoms with Gasteiger partial charge in [0.25, 0.3) is 0 Å². The van der Waals surface area contributed by atoms with Crippen LogP contribution in [0.5, 0.6) is 0 Å². The zero-order valence-electron chi connectivity index (χ0n) is 12.7. The number of rotatable bonds is 3. The number of hydrogen-bond donors (Lipinski definition) is 1. The molecule has 1 N–H and O–H groups in total. The number of hydrogen-bond acceptors (Lipinski definition) is 2. The molecule has 1 aromatic carbocycles. The van der Waals surface area contributed by atoms with Crippen LogP contribution in [0.4, 0.5) is 4.39 Å². The van der Waals surface area contributed by atoms with E-state index in [4.69, 9.17) is 0 Å². The van der Waals surface area contributed by atoms with Crippen molar-refractivity contribution >= 4 is 16.9 Å². The molecule has 1 fully saturated rings. The second-order valence-corrected chi connectivity index (χ2v) is 6.88. The topological polar surface area (TPSA) is 24.4 Å². The highest BCUT2D eigenvalue weighted by atomic mass is 32.2. The molecule has 4 heteroatoms. The Kier molecular flexibility index (Phi) is 5.08. The number of aryl methyl sites for hydroxylation is 2. The molecule has 1 heterocycles. The first kappa shape index (κ1) is 15.4. The predicted octanol–water partition coefficient (Wildman–Crippen LogP) is 4.05. The summed E-state index contributed by atoms with van der Waals surface area (Å²) in [6, 6.07) is 4.30. The van der Waals surface area contributed by atoms with Gasteiger partial charge in [0.1, 0.15) is 5.82 Å². The van der Waals surface area contributed by atoms with Crippen LogP contribution in [0, 0.1) is 25.6 Å². The first-order valence-corrected chi connectivity index (χ1v) is 8.15. The van der Waals surface area contributed by atoms with E-state index in [1.807, 2.05) is 12.1 Å². The van der Waals surface area contributed by atoms with Gasteiger partial charge < -0.3 is 5.32 Å². The van der Waals surface area contributed by atoms with E-state index >= 15 is 0 Å². The van der Waals surface area contributed by atoms with E-state index in [1.165, 1.54) is 6.42 Å². The number of amidine groups is 1. The molecule has 1 aromatic rings. The van der Waals surface area contributed by atoms with Gasteiger partial charge in [-0.1, -0.05) is 37.7 Å². The molecule has 0 bridgehead atoms. The summed E-state index contributed by atoms with van der Waals surface area (Å²) in [5.41, 5.74) is 2.47. The predicted molar refractivity (Wildman–Crippen MR) is 85.8 cm³/mol. The van der Waals surface area contributed by atoms with Crippen molar-refractivity contribution in [3.63, 3.8) is 0 Å².